The van der Waals surface area contributed by atoms with Crippen molar-refractivity contribution in [2.45, 2.75) is 45.1 Å². The molecule has 0 unspecified atom stereocenters. The maximum Gasteiger partial charge on any atom is 0.414 e. The van der Waals surface area contributed by atoms with Gasteiger partial charge < -0.3 is 15.0 Å². The van der Waals surface area contributed by atoms with Crippen molar-refractivity contribution < 1.29 is 14.3 Å². The fourth-order valence-electron chi connectivity index (χ4n) is 2.79. The van der Waals surface area contributed by atoms with Crippen LogP contribution in [0.2, 0.25) is 0 Å². The monoisotopic (exact) mass is 266 g/mol. The first-order chi connectivity index (χ1) is 8.85. The Kier molecular flexibility index (Phi) is 3.56. The molecule has 19 heavy (non-hydrogen) atoms. The van der Waals surface area contributed by atoms with Crippen molar-refractivity contribution in [2.75, 3.05) is 14.1 Å². The summed E-state index contributed by atoms with van der Waals surface area (Å²) >= 11 is 0. The van der Waals surface area contributed by atoms with E-state index in [1.165, 1.54) is 4.90 Å². The van der Waals surface area contributed by atoms with Gasteiger partial charge in [0.15, 0.2) is 0 Å². The van der Waals surface area contributed by atoms with E-state index in [0.29, 0.717) is 17.3 Å². The van der Waals surface area contributed by atoms with Crippen molar-refractivity contribution in [2.24, 2.45) is 5.92 Å². The van der Waals surface area contributed by atoms with Crippen molar-refractivity contribution in [3.8, 4) is 0 Å². The smallest absolute Gasteiger partial charge is 0.412 e. The van der Waals surface area contributed by atoms with Crippen LogP contribution in [0.25, 0.3) is 0 Å². The minimum absolute atomic E-state index is 0.115. The van der Waals surface area contributed by atoms with Crippen LogP contribution in [0.3, 0.4) is 0 Å². The molecule has 1 heterocycles. The summed E-state index contributed by atoms with van der Waals surface area (Å²) in [7, 11) is 3.27. The molecule has 1 aliphatic heterocycles. The molecule has 0 aromatic rings. The highest BCUT2D eigenvalue weighted by atomic mass is 16.6. The summed E-state index contributed by atoms with van der Waals surface area (Å²) in [5.41, 5.74) is 0.0732. The molecule has 0 bridgehead atoms. The number of amides is 2. The number of carbonyl (C=O) groups excluding carboxylic acids is 2. The predicted octanol–water partition coefficient (Wildman–Crippen LogP) is 2.04. The zero-order chi connectivity index (χ0) is 14.2. The Morgan fingerprint density at radius 1 is 1.37 bits per heavy atom. The molecule has 0 radical (unpaired) electrons. The first-order valence-corrected chi connectivity index (χ1v) is 6.79. The standard InChI is InChI=1S/C14H22N2O3/c1-9-5-7-14(8-6-9)11(10(2)12(17)15-14)19-13(18)16(3)4/h9H,5-8H2,1-4H3,(H,15,17). The van der Waals surface area contributed by atoms with Gasteiger partial charge in [-0.15, -0.1) is 0 Å². The van der Waals surface area contributed by atoms with E-state index in [2.05, 4.69) is 12.2 Å². The van der Waals surface area contributed by atoms with E-state index in [0.717, 1.165) is 25.7 Å². The molecule has 1 spiro atoms. The van der Waals surface area contributed by atoms with Gasteiger partial charge in [-0.25, -0.2) is 4.79 Å². The summed E-state index contributed by atoms with van der Waals surface area (Å²) in [6.45, 7) is 3.94. The molecule has 1 saturated carbocycles. The van der Waals surface area contributed by atoms with Gasteiger partial charge >= 0.3 is 6.09 Å². The third-order valence-corrected chi connectivity index (χ3v) is 4.15. The Balaban J connectivity index is 2.25. The van der Waals surface area contributed by atoms with Gasteiger partial charge in [-0.05, 0) is 38.5 Å². The van der Waals surface area contributed by atoms with Crippen LogP contribution in [0, 0.1) is 5.92 Å². The van der Waals surface area contributed by atoms with Gasteiger partial charge in [-0.2, -0.15) is 0 Å². The number of ether oxygens (including phenoxy) is 1. The van der Waals surface area contributed by atoms with E-state index in [1.54, 1.807) is 21.0 Å². The van der Waals surface area contributed by atoms with Crippen LogP contribution in [0.1, 0.15) is 39.5 Å². The fourth-order valence-corrected chi connectivity index (χ4v) is 2.79. The highest BCUT2D eigenvalue weighted by molar-refractivity contribution is 5.98. The van der Waals surface area contributed by atoms with Gasteiger partial charge in [0.2, 0.25) is 0 Å². The lowest BCUT2D eigenvalue weighted by Gasteiger charge is -2.37. The van der Waals surface area contributed by atoms with Crippen molar-refractivity contribution in [3.63, 3.8) is 0 Å². The average Bonchev–Trinajstić information content (AvgIpc) is 2.58. The first kappa shape index (κ1) is 13.9. The Hall–Kier alpha value is -1.52. The number of carbonyl (C=O) groups is 2. The van der Waals surface area contributed by atoms with Crippen LogP contribution in [0.15, 0.2) is 11.3 Å². The maximum atomic E-state index is 11.9. The van der Waals surface area contributed by atoms with Gasteiger partial charge in [0, 0.05) is 14.1 Å². The van der Waals surface area contributed by atoms with E-state index in [-0.39, 0.29) is 5.91 Å². The number of hydrogen-bond donors (Lipinski definition) is 1. The molecule has 5 nitrogen and oxygen atoms in total. The van der Waals surface area contributed by atoms with Crippen LogP contribution >= 0.6 is 0 Å². The van der Waals surface area contributed by atoms with Gasteiger partial charge in [-0.3, -0.25) is 4.79 Å². The minimum Gasteiger partial charge on any atom is -0.412 e. The second-order valence-electron chi connectivity index (χ2n) is 5.94. The largest absolute Gasteiger partial charge is 0.414 e. The molecule has 0 atom stereocenters. The highest BCUT2D eigenvalue weighted by Crippen LogP contribution is 2.41. The number of rotatable bonds is 1. The lowest BCUT2D eigenvalue weighted by molar-refractivity contribution is -0.118. The lowest BCUT2D eigenvalue weighted by Crippen LogP contribution is -2.48. The molecule has 2 amide bonds. The molecule has 2 aliphatic rings. The summed E-state index contributed by atoms with van der Waals surface area (Å²) in [5, 5.41) is 3.03. The molecule has 2 rings (SSSR count). The maximum absolute atomic E-state index is 11.9. The van der Waals surface area contributed by atoms with Gasteiger partial charge in [-0.1, -0.05) is 6.92 Å². The van der Waals surface area contributed by atoms with Gasteiger partial charge in [0.25, 0.3) is 5.91 Å². The SMILES string of the molecule is CC1=C(OC(=O)N(C)C)C2(CCC(C)CC2)NC1=O. The van der Waals surface area contributed by atoms with E-state index in [4.69, 9.17) is 4.74 Å². The Morgan fingerprint density at radius 2 is 1.95 bits per heavy atom. The second-order valence-corrected chi connectivity index (χ2v) is 5.94. The number of nitrogens with one attached hydrogen (secondary N) is 1. The molecule has 106 valence electrons. The second kappa shape index (κ2) is 4.87. The molecular formula is C14H22N2O3. The lowest BCUT2D eigenvalue weighted by atomic mass is 9.76. The Morgan fingerprint density at radius 3 is 2.47 bits per heavy atom. The molecular weight excluding hydrogens is 244 g/mol. The zero-order valence-corrected chi connectivity index (χ0v) is 12.1. The third kappa shape index (κ3) is 2.46. The van der Waals surface area contributed by atoms with Crippen molar-refractivity contribution in [1.82, 2.24) is 10.2 Å². The van der Waals surface area contributed by atoms with Crippen LogP contribution in [-0.4, -0.2) is 36.5 Å². The quantitative estimate of drug-likeness (QED) is 0.790. The van der Waals surface area contributed by atoms with E-state index < -0.39 is 11.6 Å². The Labute approximate surface area is 114 Å². The minimum atomic E-state index is -0.459. The average molecular weight is 266 g/mol. The van der Waals surface area contributed by atoms with Crippen LogP contribution < -0.4 is 5.32 Å². The summed E-state index contributed by atoms with van der Waals surface area (Å²) < 4.78 is 5.47. The summed E-state index contributed by atoms with van der Waals surface area (Å²) in [6, 6.07) is 0. The first-order valence-electron chi connectivity index (χ1n) is 6.79. The van der Waals surface area contributed by atoms with Crippen LogP contribution in [0.4, 0.5) is 4.79 Å². The predicted molar refractivity (Wildman–Crippen MR) is 71.4 cm³/mol. The van der Waals surface area contributed by atoms with Crippen LogP contribution in [0.5, 0.6) is 0 Å². The van der Waals surface area contributed by atoms with Crippen molar-refractivity contribution in [3.05, 3.63) is 11.3 Å². The highest BCUT2D eigenvalue weighted by Gasteiger charge is 2.47. The van der Waals surface area contributed by atoms with E-state index >= 15 is 0 Å². The van der Waals surface area contributed by atoms with Gasteiger partial charge in [0.05, 0.1) is 11.1 Å². The van der Waals surface area contributed by atoms with Crippen LogP contribution in [-0.2, 0) is 9.53 Å². The summed E-state index contributed by atoms with van der Waals surface area (Å²) in [6.07, 6.45) is 3.33. The number of nitrogens with zero attached hydrogens (tertiary/aromatic N) is 1. The zero-order valence-electron chi connectivity index (χ0n) is 12.1. The van der Waals surface area contributed by atoms with E-state index in [9.17, 15) is 9.59 Å². The third-order valence-electron chi connectivity index (χ3n) is 4.15. The normalized spacial score (nSPS) is 30.5. The topological polar surface area (TPSA) is 58.6 Å². The van der Waals surface area contributed by atoms with Crippen molar-refractivity contribution in [1.29, 1.82) is 0 Å². The Bertz CT molecular complexity index is 432. The molecule has 0 aromatic heterocycles. The molecule has 0 saturated heterocycles. The molecule has 1 fully saturated rings. The van der Waals surface area contributed by atoms with Gasteiger partial charge in [0.1, 0.15) is 5.76 Å². The summed E-state index contributed by atoms with van der Waals surface area (Å²) in [5.74, 6) is 1.08. The molecule has 0 aromatic carbocycles. The fraction of sp³-hybridized carbons (Fsp3) is 0.714. The molecule has 5 heteroatoms. The van der Waals surface area contributed by atoms with Crippen molar-refractivity contribution >= 4 is 12.0 Å². The molecule has 1 N–H and O–H groups in total. The molecule has 1 aliphatic carbocycles. The summed E-state index contributed by atoms with van der Waals surface area (Å²) in [4.78, 5) is 25.1. The van der Waals surface area contributed by atoms with E-state index in [1.807, 2.05) is 0 Å². The number of hydrogen-bond acceptors (Lipinski definition) is 3.